The summed E-state index contributed by atoms with van der Waals surface area (Å²) < 4.78 is 25.5. The summed E-state index contributed by atoms with van der Waals surface area (Å²) in [5.41, 5.74) is 0. The van der Waals surface area contributed by atoms with Gasteiger partial charge < -0.3 is 10.2 Å². The Morgan fingerprint density at radius 1 is 1.42 bits per heavy atom. The van der Waals surface area contributed by atoms with Gasteiger partial charge in [-0.1, -0.05) is 22.6 Å². The molecule has 0 radical (unpaired) electrons. The first-order valence-electron chi connectivity index (χ1n) is 3.13. The lowest BCUT2D eigenvalue weighted by Crippen LogP contribution is -2.32. The average Bonchev–Trinajstić information content (AvgIpc) is 1.97. The zero-order valence-corrected chi connectivity index (χ0v) is 9.45. The first-order chi connectivity index (χ1) is 5.37. The van der Waals surface area contributed by atoms with Crippen molar-refractivity contribution in [3.8, 4) is 0 Å². The predicted octanol–water partition coefficient (Wildman–Crippen LogP) is -0.881. The van der Waals surface area contributed by atoms with Crippen LogP contribution < -0.4 is 0 Å². The van der Waals surface area contributed by atoms with Crippen molar-refractivity contribution in [3.63, 3.8) is 0 Å². The molecular formula is C5H11IO5S. The summed E-state index contributed by atoms with van der Waals surface area (Å²) in [5.74, 6) is 0. The van der Waals surface area contributed by atoms with Gasteiger partial charge >= 0.3 is 0 Å². The Balaban J connectivity index is 3.79. The minimum absolute atomic E-state index is 0.325. The molecule has 0 saturated heterocycles. The zero-order valence-electron chi connectivity index (χ0n) is 6.47. The molecule has 2 N–H and O–H groups in total. The fourth-order valence-electron chi connectivity index (χ4n) is 0.407. The van der Waals surface area contributed by atoms with Gasteiger partial charge in [-0.3, -0.25) is 4.18 Å². The summed E-state index contributed by atoms with van der Waals surface area (Å²) in [6, 6.07) is 0. The minimum Gasteiger partial charge on any atom is -0.390 e. The van der Waals surface area contributed by atoms with E-state index in [4.69, 9.17) is 10.2 Å². The number of hydrogen-bond donors (Lipinski definition) is 2. The average molecular weight is 310 g/mol. The molecule has 74 valence electrons. The van der Waals surface area contributed by atoms with Gasteiger partial charge in [0.05, 0.1) is 19.0 Å². The first kappa shape index (κ1) is 12.6. The van der Waals surface area contributed by atoms with Crippen LogP contribution in [0.5, 0.6) is 0 Å². The second-order valence-electron chi connectivity index (χ2n) is 2.28. The lowest BCUT2D eigenvalue weighted by molar-refractivity contribution is 0.00787. The third kappa shape index (κ3) is 6.12. The molecule has 0 saturated carbocycles. The second-order valence-corrected chi connectivity index (χ2v) is 4.80. The molecule has 0 aliphatic heterocycles. The van der Waals surface area contributed by atoms with E-state index >= 15 is 0 Å². The summed E-state index contributed by atoms with van der Waals surface area (Å²) >= 11 is 1.87. The third-order valence-corrected chi connectivity index (χ3v) is 2.52. The third-order valence-electron chi connectivity index (χ3n) is 1.06. The molecule has 0 unspecified atom stereocenters. The van der Waals surface area contributed by atoms with E-state index in [2.05, 4.69) is 4.18 Å². The number of hydrogen-bond acceptors (Lipinski definition) is 5. The van der Waals surface area contributed by atoms with Gasteiger partial charge in [0.2, 0.25) is 0 Å². The smallest absolute Gasteiger partial charge is 0.264 e. The van der Waals surface area contributed by atoms with Gasteiger partial charge in [-0.05, 0) is 0 Å². The predicted molar refractivity (Wildman–Crippen MR) is 51.7 cm³/mol. The molecule has 0 aromatic rings. The highest BCUT2D eigenvalue weighted by atomic mass is 127. The van der Waals surface area contributed by atoms with Crippen molar-refractivity contribution >= 4 is 32.7 Å². The van der Waals surface area contributed by atoms with E-state index in [1.165, 1.54) is 0 Å². The molecule has 0 spiro atoms. The Hall–Kier alpha value is 0.560. The highest BCUT2D eigenvalue weighted by Gasteiger charge is 2.16. The maximum absolute atomic E-state index is 10.4. The van der Waals surface area contributed by atoms with Crippen molar-refractivity contribution in [3.05, 3.63) is 0 Å². The molecule has 0 bridgehead atoms. The van der Waals surface area contributed by atoms with Gasteiger partial charge in [0.25, 0.3) is 10.1 Å². The first-order valence-corrected chi connectivity index (χ1v) is 6.47. The molecule has 12 heavy (non-hydrogen) atoms. The number of rotatable bonds is 5. The van der Waals surface area contributed by atoms with E-state index in [0.29, 0.717) is 4.43 Å². The Labute approximate surface area is 85.0 Å². The number of aliphatic hydroxyl groups is 2. The molecule has 0 rings (SSSR count). The highest BCUT2D eigenvalue weighted by Crippen LogP contribution is 2.00. The van der Waals surface area contributed by atoms with E-state index in [1.807, 2.05) is 22.6 Å². The Morgan fingerprint density at radius 3 is 2.25 bits per heavy atom. The fourth-order valence-corrected chi connectivity index (χ4v) is 1.38. The lowest BCUT2D eigenvalue weighted by Gasteiger charge is -2.14. The monoisotopic (exact) mass is 310 g/mol. The highest BCUT2D eigenvalue weighted by molar-refractivity contribution is 14.1. The van der Waals surface area contributed by atoms with E-state index in [-0.39, 0.29) is 0 Å². The minimum atomic E-state index is -3.53. The standard InChI is InChI=1S/C5H11IO5S/c1-12(9,10)11-3-5(8)4(7)2-6/h4-5,7-8H,2-3H2,1H3/t4-,5+/m1/s1. The molecule has 0 heterocycles. The van der Waals surface area contributed by atoms with Crippen LogP contribution in [0.1, 0.15) is 0 Å². The van der Waals surface area contributed by atoms with Crippen molar-refractivity contribution in [2.24, 2.45) is 0 Å². The van der Waals surface area contributed by atoms with E-state index in [1.54, 1.807) is 0 Å². The summed E-state index contributed by atoms with van der Waals surface area (Å²) in [7, 11) is -3.53. The molecule has 0 aliphatic carbocycles. The molecule has 0 fully saturated rings. The van der Waals surface area contributed by atoms with Crippen molar-refractivity contribution in [2.45, 2.75) is 12.2 Å². The molecule has 2 atom stereocenters. The summed E-state index contributed by atoms with van der Waals surface area (Å²) in [5, 5.41) is 18.0. The normalized spacial score (nSPS) is 17.3. The molecule has 0 aromatic heterocycles. The summed E-state index contributed by atoms with van der Waals surface area (Å²) in [6.45, 7) is -0.400. The number of halogens is 1. The van der Waals surface area contributed by atoms with E-state index < -0.39 is 28.9 Å². The molecule has 0 aromatic carbocycles. The van der Waals surface area contributed by atoms with Crippen LogP contribution >= 0.6 is 22.6 Å². The Morgan fingerprint density at radius 2 is 1.92 bits per heavy atom. The van der Waals surface area contributed by atoms with Crippen molar-refractivity contribution in [2.75, 3.05) is 17.3 Å². The van der Waals surface area contributed by atoms with Crippen LogP contribution in [0.25, 0.3) is 0 Å². The van der Waals surface area contributed by atoms with Crippen LogP contribution in [-0.2, 0) is 14.3 Å². The Kier molecular flexibility index (Phi) is 5.57. The van der Waals surface area contributed by atoms with Gasteiger partial charge in [0, 0.05) is 4.43 Å². The van der Waals surface area contributed by atoms with Gasteiger partial charge in [-0.2, -0.15) is 8.42 Å². The van der Waals surface area contributed by atoms with Crippen LogP contribution in [0.4, 0.5) is 0 Å². The van der Waals surface area contributed by atoms with E-state index in [0.717, 1.165) is 6.26 Å². The number of alkyl halides is 1. The van der Waals surface area contributed by atoms with Gasteiger partial charge in [0.15, 0.2) is 0 Å². The second kappa shape index (κ2) is 5.32. The topological polar surface area (TPSA) is 83.8 Å². The van der Waals surface area contributed by atoms with Crippen LogP contribution in [0.3, 0.4) is 0 Å². The molecule has 7 heteroatoms. The van der Waals surface area contributed by atoms with Crippen molar-refractivity contribution in [1.29, 1.82) is 0 Å². The Bertz CT molecular complexity index is 214. The van der Waals surface area contributed by atoms with Crippen LogP contribution in [0.15, 0.2) is 0 Å². The van der Waals surface area contributed by atoms with Gasteiger partial charge in [-0.25, -0.2) is 0 Å². The molecular weight excluding hydrogens is 299 g/mol. The largest absolute Gasteiger partial charge is 0.390 e. The van der Waals surface area contributed by atoms with Crippen molar-refractivity contribution < 1.29 is 22.8 Å². The number of aliphatic hydroxyl groups excluding tert-OH is 2. The van der Waals surface area contributed by atoms with Crippen LogP contribution in [0, 0.1) is 0 Å². The zero-order chi connectivity index (χ0) is 9.78. The van der Waals surface area contributed by atoms with Crippen LogP contribution in [-0.4, -0.2) is 48.1 Å². The summed E-state index contributed by atoms with van der Waals surface area (Å²) in [4.78, 5) is 0. The summed E-state index contributed by atoms with van der Waals surface area (Å²) in [6.07, 6.45) is -1.22. The lowest BCUT2D eigenvalue weighted by atomic mass is 10.2. The SMILES string of the molecule is CS(=O)(=O)OC[C@H](O)[C@H](O)CI. The maximum Gasteiger partial charge on any atom is 0.264 e. The van der Waals surface area contributed by atoms with Crippen LogP contribution in [0.2, 0.25) is 0 Å². The molecule has 5 nitrogen and oxygen atoms in total. The molecule has 0 amide bonds. The maximum atomic E-state index is 10.4. The van der Waals surface area contributed by atoms with Gasteiger partial charge in [-0.15, -0.1) is 0 Å². The molecule has 0 aliphatic rings. The van der Waals surface area contributed by atoms with Gasteiger partial charge in [0.1, 0.15) is 6.10 Å². The van der Waals surface area contributed by atoms with Crippen molar-refractivity contribution in [1.82, 2.24) is 0 Å². The fraction of sp³-hybridized carbons (Fsp3) is 1.00. The van der Waals surface area contributed by atoms with E-state index in [9.17, 15) is 8.42 Å². The quantitative estimate of drug-likeness (QED) is 0.391.